The van der Waals surface area contributed by atoms with Crippen molar-refractivity contribution < 1.29 is 13.9 Å². The molecule has 0 fully saturated rings. The molecule has 32 heavy (non-hydrogen) atoms. The van der Waals surface area contributed by atoms with Crippen molar-refractivity contribution >= 4 is 39.7 Å². The first kappa shape index (κ1) is 21.7. The Morgan fingerprint density at radius 2 is 2.00 bits per heavy atom. The van der Waals surface area contributed by atoms with Gasteiger partial charge < -0.3 is 14.5 Å². The number of benzene rings is 2. The number of hydrogen-bond donors (Lipinski definition) is 1. The van der Waals surface area contributed by atoms with Gasteiger partial charge in [-0.05, 0) is 50.1 Å². The second-order valence-corrected chi connectivity index (χ2v) is 7.72. The topological polar surface area (TPSA) is 64.4 Å². The Bertz CT molecular complexity index is 1310. The van der Waals surface area contributed by atoms with Crippen LogP contribution in [-0.2, 0) is 4.79 Å². The van der Waals surface area contributed by atoms with Gasteiger partial charge in [-0.2, -0.15) is 0 Å². The van der Waals surface area contributed by atoms with Crippen LogP contribution in [0.25, 0.3) is 27.7 Å². The number of aromatic nitrogens is 1. The van der Waals surface area contributed by atoms with Crippen molar-refractivity contribution in [1.82, 2.24) is 4.98 Å². The van der Waals surface area contributed by atoms with E-state index in [1.54, 1.807) is 24.6 Å². The van der Waals surface area contributed by atoms with Crippen LogP contribution in [0.4, 0.5) is 5.69 Å². The van der Waals surface area contributed by atoms with Crippen LogP contribution >= 0.6 is 11.6 Å². The fraction of sp³-hybridized carbons (Fsp3) is 0.154. The molecule has 1 N–H and O–H groups in total. The van der Waals surface area contributed by atoms with E-state index in [0.29, 0.717) is 18.0 Å². The smallest absolute Gasteiger partial charge is 0.248 e. The Morgan fingerprint density at radius 3 is 2.72 bits per heavy atom. The molecule has 0 saturated carbocycles. The highest BCUT2D eigenvalue weighted by atomic mass is 35.5. The molecular formula is C26H23ClN2O3. The number of ether oxygens (including phenoxy) is 1. The minimum Gasteiger partial charge on any atom is -0.493 e. The Balaban J connectivity index is 1.79. The van der Waals surface area contributed by atoms with Gasteiger partial charge in [0.1, 0.15) is 11.3 Å². The lowest BCUT2D eigenvalue weighted by Gasteiger charge is -2.15. The Kier molecular flexibility index (Phi) is 6.28. The van der Waals surface area contributed by atoms with Gasteiger partial charge in [0.05, 0.1) is 18.6 Å². The molecule has 0 aliphatic carbocycles. The third-order valence-electron chi connectivity index (χ3n) is 5.21. The van der Waals surface area contributed by atoms with Gasteiger partial charge in [0.25, 0.3) is 0 Å². The molecule has 6 heteroatoms. The van der Waals surface area contributed by atoms with Crippen molar-refractivity contribution in [2.45, 2.75) is 20.8 Å². The Hall–Kier alpha value is -3.57. The maximum Gasteiger partial charge on any atom is 0.248 e. The first-order valence-corrected chi connectivity index (χ1v) is 10.7. The minimum atomic E-state index is -0.298. The van der Waals surface area contributed by atoms with E-state index < -0.39 is 0 Å². The summed E-state index contributed by atoms with van der Waals surface area (Å²) in [6.07, 6.45) is 4.87. The predicted octanol–water partition coefficient (Wildman–Crippen LogP) is 6.90. The van der Waals surface area contributed by atoms with Crippen LogP contribution in [0.15, 0.2) is 71.5 Å². The van der Waals surface area contributed by atoms with E-state index in [4.69, 9.17) is 20.8 Å². The summed E-state index contributed by atoms with van der Waals surface area (Å²) in [7, 11) is 0. The third kappa shape index (κ3) is 4.25. The zero-order chi connectivity index (χ0) is 22.7. The maximum atomic E-state index is 12.7. The van der Waals surface area contributed by atoms with Crippen molar-refractivity contribution in [2.75, 3.05) is 11.9 Å². The molecule has 0 atom stereocenters. The number of furan rings is 1. The molecule has 2 aromatic heterocycles. The van der Waals surface area contributed by atoms with Crippen molar-refractivity contribution in [3.05, 3.63) is 83.3 Å². The van der Waals surface area contributed by atoms with E-state index in [0.717, 1.165) is 38.8 Å². The molecule has 0 aliphatic heterocycles. The molecule has 0 aliphatic rings. The highest BCUT2D eigenvalue weighted by molar-refractivity contribution is 6.32. The molecule has 162 valence electrons. The van der Waals surface area contributed by atoms with Crippen LogP contribution in [0.3, 0.4) is 0 Å². The van der Waals surface area contributed by atoms with Gasteiger partial charge in [0.15, 0.2) is 5.15 Å². The molecule has 0 bridgehead atoms. The van der Waals surface area contributed by atoms with Gasteiger partial charge >= 0.3 is 0 Å². The summed E-state index contributed by atoms with van der Waals surface area (Å²) in [5.74, 6) is 0.406. The standard InChI is InChI=1S/C26H23ClN2O3/c1-4-31-24-17(3)25-20(21(15-32-25)18-9-6-5-7-10-18)14-19(24)16(2)13-23(30)29-22-11-8-12-28-26(22)27/h5-15H,4H2,1-3H3,(H,29,30)/b16-13+. The molecule has 4 rings (SSSR count). The number of carbonyl (C=O) groups is 1. The van der Waals surface area contributed by atoms with Crippen molar-refractivity contribution in [2.24, 2.45) is 0 Å². The number of allylic oxidation sites excluding steroid dienone is 1. The average Bonchev–Trinajstić information content (AvgIpc) is 3.22. The van der Waals surface area contributed by atoms with Crippen molar-refractivity contribution in [3.63, 3.8) is 0 Å². The molecule has 0 unspecified atom stereocenters. The van der Waals surface area contributed by atoms with Crippen LogP contribution in [0.2, 0.25) is 5.15 Å². The number of halogens is 1. The van der Waals surface area contributed by atoms with Crippen LogP contribution in [0.1, 0.15) is 25.0 Å². The molecule has 4 aromatic rings. The lowest BCUT2D eigenvalue weighted by molar-refractivity contribution is -0.111. The van der Waals surface area contributed by atoms with E-state index in [1.165, 1.54) is 6.08 Å². The largest absolute Gasteiger partial charge is 0.493 e. The lowest BCUT2D eigenvalue weighted by Crippen LogP contribution is -2.09. The summed E-state index contributed by atoms with van der Waals surface area (Å²) < 4.78 is 11.9. The van der Waals surface area contributed by atoms with Crippen LogP contribution in [-0.4, -0.2) is 17.5 Å². The van der Waals surface area contributed by atoms with Crippen LogP contribution in [0, 0.1) is 6.92 Å². The SMILES string of the molecule is CCOc1c(/C(C)=C/C(=O)Nc2cccnc2Cl)cc2c(-c3ccccc3)coc2c1C. The normalized spacial score (nSPS) is 11.6. The fourth-order valence-corrected chi connectivity index (χ4v) is 3.87. The number of nitrogens with zero attached hydrogens (tertiary/aromatic N) is 1. The van der Waals surface area contributed by atoms with Crippen LogP contribution in [0.5, 0.6) is 5.75 Å². The van der Waals surface area contributed by atoms with Gasteiger partial charge in [-0.1, -0.05) is 41.9 Å². The highest BCUT2D eigenvalue weighted by Gasteiger charge is 2.19. The van der Waals surface area contributed by atoms with E-state index in [1.807, 2.05) is 57.2 Å². The summed E-state index contributed by atoms with van der Waals surface area (Å²) in [5, 5.41) is 3.99. The zero-order valence-corrected chi connectivity index (χ0v) is 18.9. The van der Waals surface area contributed by atoms with Gasteiger partial charge in [-0.25, -0.2) is 4.98 Å². The monoisotopic (exact) mass is 446 g/mol. The molecule has 0 spiro atoms. The predicted molar refractivity (Wildman–Crippen MR) is 129 cm³/mol. The number of nitrogens with one attached hydrogen (secondary N) is 1. The summed E-state index contributed by atoms with van der Waals surface area (Å²) in [6, 6.07) is 15.5. The molecule has 0 radical (unpaired) electrons. The third-order valence-corrected chi connectivity index (χ3v) is 5.51. The second-order valence-electron chi connectivity index (χ2n) is 7.36. The van der Waals surface area contributed by atoms with Crippen molar-refractivity contribution in [3.8, 4) is 16.9 Å². The first-order chi connectivity index (χ1) is 15.5. The summed E-state index contributed by atoms with van der Waals surface area (Å²) in [6.45, 7) is 6.28. The second kappa shape index (κ2) is 9.28. The molecule has 2 aromatic carbocycles. The fourth-order valence-electron chi connectivity index (χ4n) is 3.70. The van der Waals surface area contributed by atoms with Gasteiger partial charge in [-0.3, -0.25) is 4.79 Å². The molecule has 1 amide bonds. The number of pyridine rings is 1. The molecular weight excluding hydrogens is 424 g/mol. The van der Waals surface area contributed by atoms with E-state index in [9.17, 15) is 4.79 Å². The molecule has 5 nitrogen and oxygen atoms in total. The Morgan fingerprint density at radius 1 is 1.22 bits per heavy atom. The summed E-state index contributed by atoms with van der Waals surface area (Å²) in [4.78, 5) is 16.7. The first-order valence-electron chi connectivity index (χ1n) is 10.3. The minimum absolute atomic E-state index is 0.241. The zero-order valence-electron chi connectivity index (χ0n) is 18.1. The molecule has 0 saturated heterocycles. The number of carbonyl (C=O) groups excluding carboxylic acids is 1. The number of rotatable bonds is 6. The van der Waals surface area contributed by atoms with E-state index in [2.05, 4.69) is 10.3 Å². The van der Waals surface area contributed by atoms with Gasteiger partial charge in [-0.15, -0.1) is 0 Å². The van der Waals surface area contributed by atoms with Gasteiger partial charge in [0.2, 0.25) is 5.91 Å². The van der Waals surface area contributed by atoms with Crippen LogP contribution < -0.4 is 10.1 Å². The van der Waals surface area contributed by atoms with E-state index >= 15 is 0 Å². The summed E-state index contributed by atoms with van der Waals surface area (Å²) >= 11 is 6.06. The van der Waals surface area contributed by atoms with Crippen molar-refractivity contribution in [1.29, 1.82) is 0 Å². The number of fused-ring (bicyclic) bond motifs is 1. The average molecular weight is 447 g/mol. The Labute approximate surface area is 191 Å². The number of aryl methyl sites for hydroxylation is 1. The number of hydrogen-bond acceptors (Lipinski definition) is 4. The number of amides is 1. The maximum absolute atomic E-state index is 12.7. The molecule has 2 heterocycles. The lowest BCUT2D eigenvalue weighted by atomic mass is 9.96. The quantitative estimate of drug-likeness (QED) is 0.258. The number of anilines is 1. The van der Waals surface area contributed by atoms with Gasteiger partial charge in [0, 0.05) is 34.3 Å². The van der Waals surface area contributed by atoms with E-state index in [-0.39, 0.29) is 11.1 Å². The summed E-state index contributed by atoms with van der Waals surface area (Å²) in [5.41, 5.74) is 5.78. The highest BCUT2D eigenvalue weighted by Crippen LogP contribution is 2.40.